The molecule has 2 aromatic rings. The number of ether oxygens (including phenoxy) is 1. The highest BCUT2D eigenvalue weighted by atomic mass is 32.2. The first-order valence-electron chi connectivity index (χ1n) is 20.2. The van der Waals surface area contributed by atoms with Crippen LogP contribution in [-0.4, -0.2) is 134 Å². The van der Waals surface area contributed by atoms with Gasteiger partial charge in [-0.1, -0.05) is 83.9 Å². The fourth-order valence-electron chi connectivity index (χ4n) is 6.21. The van der Waals surface area contributed by atoms with Gasteiger partial charge in [0.1, 0.15) is 42.2 Å². The molecule has 30 heteroatoms. The number of rotatable bonds is 30. The minimum Gasteiger partial charge on any atom is -0.481 e. The van der Waals surface area contributed by atoms with Gasteiger partial charge in [-0.05, 0) is 6.42 Å². The molecule has 1 saturated heterocycles. The maximum atomic E-state index is 12.7. The lowest BCUT2D eigenvalue weighted by molar-refractivity contribution is -0.144. The average molecular weight is 994 g/mol. The first kappa shape index (κ1) is 55.4. The van der Waals surface area contributed by atoms with Gasteiger partial charge in [0.05, 0.1) is 19.5 Å². The molecular weight excluding hydrogens is 935 g/mol. The molecule has 3 heterocycles. The van der Waals surface area contributed by atoms with Crippen molar-refractivity contribution < 1.29 is 90.4 Å². The number of carboxylic acids is 1. The lowest BCUT2D eigenvalue weighted by Crippen LogP contribution is -2.46. The lowest BCUT2D eigenvalue weighted by atomic mass is 9.87. The molecule has 11 N–H and O–H groups in total. The molecule has 0 radical (unpaired) electrons. The Labute approximate surface area is 372 Å². The Kier molecular flexibility index (Phi) is 21.8. The number of nitrogens with zero attached hydrogens (tertiary/aromatic N) is 4. The summed E-state index contributed by atoms with van der Waals surface area (Å²) in [4.78, 5) is 100. The highest BCUT2D eigenvalue weighted by molar-refractivity contribution is 8.13. The summed E-state index contributed by atoms with van der Waals surface area (Å²) >= 11 is 0.803. The van der Waals surface area contributed by atoms with E-state index in [-0.39, 0.29) is 48.7 Å². The lowest BCUT2D eigenvalue weighted by Gasteiger charge is -2.30. The maximum absolute atomic E-state index is 12.7. The van der Waals surface area contributed by atoms with Crippen LogP contribution in [0.2, 0.25) is 0 Å². The molecule has 2 amide bonds. The Bertz CT molecular complexity index is 2030. The molecule has 0 bridgehead atoms. The molecule has 8 atom stereocenters. The Morgan fingerprint density at radius 3 is 2.23 bits per heavy atom. The molecular formula is C34H58N7O19P3S. The Morgan fingerprint density at radius 2 is 1.59 bits per heavy atom. The second-order valence-corrected chi connectivity index (χ2v) is 20.7. The van der Waals surface area contributed by atoms with E-state index in [0.717, 1.165) is 61.1 Å². The number of nitrogens with one attached hydrogen (secondary N) is 2. The number of carboxylic acid groups (broad SMARTS) is 1. The van der Waals surface area contributed by atoms with E-state index >= 15 is 0 Å². The standard InChI is InChI=1S/C34H58N7O19P3S/c1-4-5-6-7-8-9-10-11-12-21(32(46)47)33(48)64-16-15-36-23(42)13-14-37-30(45)27(44)34(2,3)18-57-63(54,55)60-62(52,53)56-17-22-26(59-61(49,50)51)25(43)31(58-22)41-20-40-24-28(35)38-19-39-29(24)41/h19-22,25-27,31,43-44H,4-18H2,1-3H3,(H,36,42)(H,37,45)(H,46,47)(H,52,53)(H,54,55)(H2,35,38,39)(H2,49,50,51)/t21?,22-,25-,26-,27+,31-/m1/s1. The van der Waals surface area contributed by atoms with Crippen LogP contribution in [0.15, 0.2) is 12.7 Å². The number of imidazole rings is 1. The Hall–Kier alpha value is -2.97. The number of amides is 2. The monoisotopic (exact) mass is 993 g/mol. The number of phosphoric acid groups is 3. The molecule has 2 aromatic heterocycles. The van der Waals surface area contributed by atoms with Crippen LogP contribution < -0.4 is 16.4 Å². The van der Waals surface area contributed by atoms with Crippen molar-refractivity contribution in [2.24, 2.45) is 11.3 Å². The molecule has 0 aromatic carbocycles. The molecule has 26 nitrogen and oxygen atoms in total. The number of aliphatic hydroxyl groups excluding tert-OH is 2. The zero-order valence-electron chi connectivity index (χ0n) is 35.4. The number of aliphatic hydroxyl groups is 2. The maximum Gasteiger partial charge on any atom is 0.481 e. The highest BCUT2D eigenvalue weighted by Crippen LogP contribution is 2.61. The van der Waals surface area contributed by atoms with E-state index in [9.17, 15) is 67.8 Å². The molecule has 64 heavy (non-hydrogen) atoms. The number of phosphoric ester groups is 3. The molecule has 1 aliphatic heterocycles. The second-order valence-electron chi connectivity index (χ2n) is 15.4. The number of nitrogens with two attached hydrogens (primary N) is 1. The first-order chi connectivity index (χ1) is 29.9. The van der Waals surface area contributed by atoms with E-state index in [2.05, 4.69) is 41.3 Å². The Balaban J connectivity index is 1.41. The van der Waals surface area contributed by atoms with Crippen LogP contribution in [-0.2, 0) is 55.5 Å². The van der Waals surface area contributed by atoms with Crippen molar-refractivity contribution in [2.45, 2.75) is 116 Å². The third-order valence-corrected chi connectivity index (χ3v) is 13.8. The van der Waals surface area contributed by atoms with Crippen LogP contribution >= 0.6 is 35.2 Å². The quantitative estimate of drug-likeness (QED) is 0.0303. The summed E-state index contributed by atoms with van der Waals surface area (Å²) in [6.07, 6.45) is 1.29. The third kappa shape index (κ3) is 18.0. The van der Waals surface area contributed by atoms with E-state index < -0.39 is 102 Å². The Morgan fingerprint density at radius 1 is 0.953 bits per heavy atom. The predicted octanol–water partition coefficient (Wildman–Crippen LogP) is 1.90. The van der Waals surface area contributed by atoms with Gasteiger partial charge >= 0.3 is 29.4 Å². The molecule has 0 spiro atoms. The van der Waals surface area contributed by atoms with Gasteiger partial charge in [-0.2, -0.15) is 4.31 Å². The number of carbonyl (C=O) groups excluding carboxylic acids is 3. The smallest absolute Gasteiger partial charge is 0.481 e. The minimum absolute atomic E-state index is 0.0202. The van der Waals surface area contributed by atoms with Crippen LogP contribution in [0.3, 0.4) is 0 Å². The van der Waals surface area contributed by atoms with Crippen LogP contribution in [0.25, 0.3) is 11.2 Å². The number of nitrogen functional groups attached to an aromatic ring is 1. The number of anilines is 1. The van der Waals surface area contributed by atoms with E-state index in [1.165, 1.54) is 26.7 Å². The summed E-state index contributed by atoms with van der Waals surface area (Å²) in [6, 6.07) is 0. The van der Waals surface area contributed by atoms with Gasteiger partial charge in [-0.3, -0.25) is 37.3 Å². The number of hydrogen-bond acceptors (Lipinski definition) is 19. The normalized spacial score (nSPS) is 20.9. The number of hydrogen-bond donors (Lipinski definition) is 10. The van der Waals surface area contributed by atoms with Gasteiger partial charge in [-0.25, -0.2) is 28.6 Å². The van der Waals surface area contributed by atoms with E-state index in [0.29, 0.717) is 6.42 Å². The summed E-state index contributed by atoms with van der Waals surface area (Å²) in [5.41, 5.74) is 4.21. The third-order valence-electron chi connectivity index (χ3n) is 9.68. The van der Waals surface area contributed by atoms with Gasteiger partial charge in [0.15, 0.2) is 17.7 Å². The first-order valence-corrected chi connectivity index (χ1v) is 25.7. The van der Waals surface area contributed by atoms with Crippen molar-refractivity contribution in [2.75, 3.05) is 37.8 Å². The minimum atomic E-state index is -5.60. The predicted molar refractivity (Wildman–Crippen MR) is 225 cm³/mol. The van der Waals surface area contributed by atoms with Crippen molar-refractivity contribution in [3.63, 3.8) is 0 Å². The number of aromatic nitrogens is 4. The molecule has 1 fully saturated rings. The fourth-order valence-corrected chi connectivity index (χ4v) is 9.86. The van der Waals surface area contributed by atoms with Crippen LogP contribution in [0.4, 0.5) is 5.82 Å². The van der Waals surface area contributed by atoms with Crippen molar-refractivity contribution in [3.8, 4) is 0 Å². The summed E-state index contributed by atoms with van der Waals surface area (Å²) < 4.78 is 62.3. The van der Waals surface area contributed by atoms with Gasteiger partial charge in [0, 0.05) is 30.7 Å². The molecule has 3 rings (SSSR count). The number of aliphatic carboxylic acids is 1. The largest absolute Gasteiger partial charge is 0.481 e. The second kappa shape index (κ2) is 25.2. The summed E-state index contributed by atoms with van der Waals surface area (Å²) in [6.45, 7) is 2.30. The number of unbranched alkanes of at least 4 members (excludes halogenated alkanes) is 7. The van der Waals surface area contributed by atoms with Gasteiger partial charge in [0.25, 0.3) is 0 Å². The molecule has 0 saturated carbocycles. The van der Waals surface area contributed by atoms with Crippen molar-refractivity contribution in [3.05, 3.63) is 12.7 Å². The number of thioether (sulfide) groups is 1. The average Bonchev–Trinajstić information content (AvgIpc) is 3.76. The van der Waals surface area contributed by atoms with Crippen LogP contribution in [0, 0.1) is 11.3 Å². The molecule has 1 aliphatic rings. The van der Waals surface area contributed by atoms with Crippen molar-refractivity contribution in [1.82, 2.24) is 30.2 Å². The van der Waals surface area contributed by atoms with Crippen molar-refractivity contribution >= 4 is 75.1 Å². The van der Waals surface area contributed by atoms with Crippen LogP contribution in [0.1, 0.15) is 91.2 Å². The summed E-state index contributed by atoms with van der Waals surface area (Å²) in [5.74, 6) is -3.81. The fraction of sp³-hybridized carbons (Fsp3) is 0.735. The summed E-state index contributed by atoms with van der Waals surface area (Å²) in [5, 5.41) is 35.4. The molecule has 364 valence electrons. The summed E-state index contributed by atoms with van der Waals surface area (Å²) in [7, 11) is -16.5. The highest BCUT2D eigenvalue weighted by Gasteiger charge is 2.50. The van der Waals surface area contributed by atoms with Crippen molar-refractivity contribution in [1.29, 1.82) is 0 Å². The zero-order chi connectivity index (χ0) is 47.9. The van der Waals surface area contributed by atoms with E-state index in [1.807, 2.05) is 0 Å². The van der Waals surface area contributed by atoms with Gasteiger partial charge < -0.3 is 56.0 Å². The van der Waals surface area contributed by atoms with E-state index in [4.69, 9.17) is 19.5 Å². The van der Waals surface area contributed by atoms with E-state index in [1.54, 1.807) is 0 Å². The number of fused-ring (bicyclic) bond motifs is 1. The van der Waals surface area contributed by atoms with Crippen LogP contribution in [0.5, 0.6) is 0 Å². The zero-order valence-corrected chi connectivity index (χ0v) is 38.9. The molecule has 3 unspecified atom stereocenters. The topological polar surface area (TPSA) is 401 Å². The van der Waals surface area contributed by atoms with Gasteiger partial charge in [-0.15, -0.1) is 0 Å². The number of carbonyl (C=O) groups is 4. The van der Waals surface area contributed by atoms with Gasteiger partial charge in [0.2, 0.25) is 16.9 Å². The molecule has 0 aliphatic carbocycles. The SMILES string of the molecule is CCCCCCCCCCC(C(=O)O)C(=O)SCCNC(=O)CCNC(=O)[C@H](O)C(C)(C)COP(=O)(O)OP(=O)(O)OC[C@H]1O[C@@H](n2cnc3c(N)ncnc32)[C@H](O)[C@@H]1OP(=O)(O)O.